The maximum Gasteiger partial charge on any atom is 0.257 e. The second kappa shape index (κ2) is 14.0. The van der Waals surface area contributed by atoms with Crippen LogP contribution in [-0.2, 0) is 9.59 Å². The first-order chi connectivity index (χ1) is 23.9. The number of benzene rings is 3. The van der Waals surface area contributed by atoms with Crippen LogP contribution in [0.1, 0.15) is 18.4 Å². The first-order valence-electron chi connectivity index (χ1n) is 16.4. The third kappa shape index (κ3) is 7.07. The van der Waals surface area contributed by atoms with E-state index in [1.807, 2.05) is 58.3 Å². The van der Waals surface area contributed by atoms with Gasteiger partial charge in [0.15, 0.2) is 11.4 Å². The number of carbonyl (C=O) groups excluding carboxylic acids is 2. The van der Waals surface area contributed by atoms with Crippen molar-refractivity contribution in [3.8, 4) is 22.6 Å². The number of amides is 2. The molecule has 2 amide bonds. The van der Waals surface area contributed by atoms with E-state index in [-0.39, 0.29) is 32.0 Å². The monoisotopic (exact) mass is 658 g/mol. The normalized spacial score (nSPS) is 18.0. The van der Waals surface area contributed by atoms with Gasteiger partial charge in [-0.3, -0.25) is 19.6 Å². The predicted molar refractivity (Wildman–Crippen MR) is 188 cm³/mol. The van der Waals surface area contributed by atoms with Gasteiger partial charge in [0, 0.05) is 73.0 Å². The van der Waals surface area contributed by atoms with Crippen LogP contribution in [0.15, 0.2) is 91.3 Å². The highest BCUT2D eigenvalue weighted by Gasteiger charge is 2.43. The number of rotatable bonds is 10. The number of hydrogen-bond donors (Lipinski definition) is 5. The molecule has 2 aliphatic rings. The van der Waals surface area contributed by atoms with E-state index in [1.165, 1.54) is 5.57 Å². The van der Waals surface area contributed by atoms with Crippen molar-refractivity contribution in [1.82, 2.24) is 30.0 Å². The van der Waals surface area contributed by atoms with Crippen LogP contribution in [0.3, 0.4) is 0 Å². The van der Waals surface area contributed by atoms with E-state index >= 15 is 0 Å². The molecule has 250 valence electrons. The van der Waals surface area contributed by atoms with Crippen LogP contribution in [0.4, 0.5) is 11.4 Å². The van der Waals surface area contributed by atoms with Crippen LogP contribution < -0.4 is 10.6 Å². The van der Waals surface area contributed by atoms with Gasteiger partial charge >= 0.3 is 0 Å². The molecule has 5 N–H and O–H groups in total. The molecule has 12 nitrogen and oxygen atoms in total. The quantitative estimate of drug-likeness (QED) is 0.151. The summed E-state index contributed by atoms with van der Waals surface area (Å²) in [6.45, 7) is 2.29. The summed E-state index contributed by atoms with van der Waals surface area (Å²) in [7, 11) is 0. The molecule has 1 fully saturated rings. The average Bonchev–Trinajstić information content (AvgIpc) is 3.75. The van der Waals surface area contributed by atoms with Crippen molar-refractivity contribution in [1.29, 1.82) is 0 Å². The molecule has 0 radical (unpaired) electrons. The Morgan fingerprint density at radius 3 is 2.39 bits per heavy atom. The molecule has 2 aliphatic heterocycles. The highest BCUT2D eigenvalue weighted by molar-refractivity contribution is 6.01. The Bertz CT molecular complexity index is 1980. The molecule has 2 aromatic heterocycles. The van der Waals surface area contributed by atoms with E-state index in [1.54, 1.807) is 24.5 Å². The molecular formula is C37H38N8O4. The summed E-state index contributed by atoms with van der Waals surface area (Å²) in [5.74, 6) is 0.167. The number of nitrogens with one attached hydrogen (secondary N) is 3. The minimum Gasteiger partial charge on any atom is -0.395 e. The first kappa shape index (κ1) is 32.1. The smallest absolute Gasteiger partial charge is 0.257 e. The van der Waals surface area contributed by atoms with Crippen LogP contribution in [-0.4, -0.2) is 103 Å². The van der Waals surface area contributed by atoms with Gasteiger partial charge in [0.25, 0.3) is 5.91 Å². The van der Waals surface area contributed by atoms with Crippen molar-refractivity contribution in [2.24, 2.45) is 0 Å². The number of carbonyl (C=O) groups is 2. The summed E-state index contributed by atoms with van der Waals surface area (Å²) in [4.78, 5) is 38.9. The standard InChI is InChI=1S/C37H38N8O4/c46-21-17-38-29-8-6-27(7-9-29)34-31-22-30(10-11-32(31)42-43-34)41-36(48)37(49)14-20-44(24-37)23-33(47)45-18-12-26(13-19-45)25-2-4-28(5-3-25)35-39-15-1-16-40-35/h1-12,15-16,22,38,46,49H,13-14,17-21,23-24H2,(H,41,48)(H,42,43)/t37-/m0/s1. The number of β-amino-alcohol motifs (C(OH)–C–C–N with tert-alkyl or cyclic N) is 1. The molecule has 49 heavy (non-hydrogen) atoms. The fourth-order valence-electron chi connectivity index (χ4n) is 6.43. The molecule has 0 saturated carbocycles. The van der Waals surface area contributed by atoms with Gasteiger partial charge in [0.2, 0.25) is 5.91 Å². The molecule has 1 atom stereocenters. The zero-order valence-electron chi connectivity index (χ0n) is 27.0. The highest BCUT2D eigenvalue weighted by Crippen LogP contribution is 2.31. The molecule has 5 aromatic rings. The van der Waals surface area contributed by atoms with Gasteiger partial charge in [0.1, 0.15) is 0 Å². The Labute approximate surface area is 283 Å². The second-order valence-corrected chi connectivity index (χ2v) is 12.5. The van der Waals surface area contributed by atoms with E-state index in [4.69, 9.17) is 5.11 Å². The van der Waals surface area contributed by atoms with Crippen LogP contribution in [0, 0.1) is 0 Å². The Hall–Kier alpha value is -5.43. The number of hydrogen-bond acceptors (Lipinski definition) is 9. The molecule has 0 bridgehead atoms. The number of likely N-dealkylation sites (tertiary alicyclic amines) is 1. The summed E-state index contributed by atoms with van der Waals surface area (Å²) in [6, 6.07) is 23.1. The van der Waals surface area contributed by atoms with Gasteiger partial charge < -0.3 is 25.7 Å². The Balaban J connectivity index is 0.935. The number of H-pyrrole nitrogens is 1. The lowest BCUT2D eigenvalue weighted by Crippen LogP contribution is -2.47. The highest BCUT2D eigenvalue weighted by atomic mass is 16.3. The van der Waals surface area contributed by atoms with Crippen molar-refractivity contribution in [3.63, 3.8) is 0 Å². The van der Waals surface area contributed by atoms with Crippen molar-refractivity contribution < 1.29 is 19.8 Å². The van der Waals surface area contributed by atoms with Gasteiger partial charge in [-0.25, -0.2) is 9.97 Å². The zero-order valence-corrected chi connectivity index (χ0v) is 27.0. The Morgan fingerprint density at radius 1 is 0.918 bits per heavy atom. The summed E-state index contributed by atoms with van der Waals surface area (Å²) in [5.41, 5.74) is 5.54. The number of anilines is 2. The van der Waals surface area contributed by atoms with Gasteiger partial charge in [-0.15, -0.1) is 0 Å². The van der Waals surface area contributed by atoms with Crippen LogP contribution in [0.2, 0.25) is 0 Å². The van der Waals surface area contributed by atoms with Crippen molar-refractivity contribution in [2.45, 2.75) is 18.4 Å². The van der Waals surface area contributed by atoms with Crippen LogP contribution >= 0.6 is 0 Å². The molecule has 1 saturated heterocycles. The van der Waals surface area contributed by atoms with E-state index < -0.39 is 11.5 Å². The zero-order chi connectivity index (χ0) is 33.8. The van der Waals surface area contributed by atoms with Gasteiger partial charge in [-0.05, 0) is 60.4 Å². The summed E-state index contributed by atoms with van der Waals surface area (Å²) < 4.78 is 0. The lowest BCUT2D eigenvalue weighted by molar-refractivity contribution is -0.135. The topological polar surface area (TPSA) is 160 Å². The molecule has 4 heterocycles. The molecule has 3 aromatic carbocycles. The molecule has 0 aliphatic carbocycles. The fourth-order valence-corrected chi connectivity index (χ4v) is 6.43. The second-order valence-electron chi connectivity index (χ2n) is 12.5. The third-order valence-electron chi connectivity index (χ3n) is 9.17. The lowest BCUT2D eigenvalue weighted by Gasteiger charge is -2.29. The number of aliphatic hydroxyl groups excluding tert-OH is 1. The minimum absolute atomic E-state index is 0.0216. The average molecular weight is 659 g/mol. The van der Waals surface area contributed by atoms with Crippen molar-refractivity contribution in [3.05, 3.63) is 96.8 Å². The number of fused-ring (bicyclic) bond motifs is 1. The van der Waals surface area contributed by atoms with E-state index in [0.29, 0.717) is 37.7 Å². The van der Waals surface area contributed by atoms with E-state index in [0.717, 1.165) is 45.4 Å². The SMILES string of the molecule is O=C(CN1CC[C@@](O)(C(=O)Nc2ccc3[nH]nc(-c4ccc(NCCO)cc4)c3c2)C1)N1CC=C(c2ccc(-c3ncccn3)cc2)CC1. The number of aromatic amines is 1. The van der Waals surface area contributed by atoms with Crippen molar-refractivity contribution >= 4 is 39.7 Å². The molecule has 12 heteroatoms. The van der Waals surface area contributed by atoms with Gasteiger partial charge in [-0.2, -0.15) is 5.10 Å². The van der Waals surface area contributed by atoms with Crippen LogP contribution in [0.5, 0.6) is 0 Å². The number of aromatic nitrogens is 4. The summed E-state index contributed by atoms with van der Waals surface area (Å²) >= 11 is 0. The first-order valence-corrected chi connectivity index (χ1v) is 16.4. The predicted octanol–water partition coefficient (Wildman–Crippen LogP) is 3.78. The van der Waals surface area contributed by atoms with Crippen molar-refractivity contribution in [2.75, 3.05) is 56.5 Å². The molecule has 7 rings (SSSR count). The lowest BCUT2D eigenvalue weighted by atomic mass is 9.98. The maximum absolute atomic E-state index is 13.3. The third-order valence-corrected chi connectivity index (χ3v) is 9.17. The number of nitrogens with zero attached hydrogens (tertiary/aromatic N) is 5. The summed E-state index contributed by atoms with van der Waals surface area (Å²) in [5, 5.41) is 34.7. The molecule has 0 unspecified atom stereocenters. The molecule has 0 spiro atoms. The Kier molecular flexibility index (Phi) is 9.16. The van der Waals surface area contributed by atoms with Gasteiger partial charge in [-0.1, -0.05) is 42.5 Å². The van der Waals surface area contributed by atoms with E-state index in [9.17, 15) is 14.7 Å². The number of aliphatic hydroxyl groups is 2. The largest absolute Gasteiger partial charge is 0.395 e. The fraction of sp³-hybridized carbons (Fsp3) is 0.270. The minimum atomic E-state index is -1.61. The maximum atomic E-state index is 13.3. The molecular weight excluding hydrogens is 620 g/mol. The van der Waals surface area contributed by atoms with E-state index in [2.05, 4.69) is 49.0 Å². The summed E-state index contributed by atoms with van der Waals surface area (Å²) in [6.07, 6.45) is 6.52. The van der Waals surface area contributed by atoms with Crippen LogP contribution in [0.25, 0.3) is 39.1 Å². The van der Waals surface area contributed by atoms with Gasteiger partial charge in [0.05, 0.1) is 24.4 Å². The Morgan fingerprint density at radius 2 is 1.65 bits per heavy atom.